The first-order valence-electron chi connectivity index (χ1n) is 5.89. The van der Waals surface area contributed by atoms with E-state index in [-0.39, 0.29) is 25.5 Å². The lowest BCUT2D eigenvalue weighted by atomic mass is 10.3. The summed E-state index contributed by atoms with van der Waals surface area (Å²) in [6, 6.07) is 0. The van der Waals surface area contributed by atoms with Crippen molar-refractivity contribution in [2.24, 2.45) is 0 Å². The Labute approximate surface area is 111 Å². The highest BCUT2D eigenvalue weighted by Crippen LogP contribution is 2.09. The number of nitrogens with zero attached hydrogens (tertiary/aromatic N) is 3. The molecule has 0 aliphatic carbocycles. The van der Waals surface area contributed by atoms with E-state index in [4.69, 9.17) is 9.47 Å². The summed E-state index contributed by atoms with van der Waals surface area (Å²) in [5.74, 6) is -0.586. The molecule has 0 radical (unpaired) electrons. The van der Waals surface area contributed by atoms with E-state index in [0.717, 1.165) is 0 Å². The molecule has 0 bridgehead atoms. The maximum absolute atomic E-state index is 11.5. The van der Waals surface area contributed by atoms with Gasteiger partial charge in [-0.1, -0.05) is 5.21 Å². The first-order valence-corrected chi connectivity index (χ1v) is 5.89. The van der Waals surface area contributed by atoms with E-state index in [1.807, 2.05) is 6.92 Å². The van der Waals surface area contributed by atoms with Crippen LogP contribution in [0.5, 0.6) is 0 Å². The van der Waals surface area contributed by atoms with Crippen LogP contribution in [-0.4, -0.2) is 59.6 Å². The van der Waals surface area contributed by atoms with E-state index in [1.165, 1.54) is 18.9 Å². The number of ether oxygens (including phenoxy) is 3. The van der Waals surface area contributed by atoms with Crippen molar-refractivity contribution >= 4 is 5.97 Å². The van der Waals surface area contributed by atoms with Crippen LogP contribution in [-0.2, 0) is 27.4 Å². The monoisotopic (exact) mass is 273 g/mol. The lowest BCUT2D eigenvalue weighted by Crippen LogP contribution is -2.24. The number of methoxy groups -OCH3 is 2. The highest BCUT2D eigenvalue weighted by Gasteiger charge is 2.21. The Balaban J connectivity index is 2.82. The van der Waals surface area contributed by atoms with Gasteiger partial charge in [-0.15, -0.1) is 5.10 Å². The summed E-state index contributed by atoms with van der Waals surface area (Å²) in [4.78, 5) is 11.5. The van der Waals surface area contributed by atoms with Gasteiger partial charge in [-0.25, -0.2) is 9.48 Å². The zero-order valence-electron chi connectivity index (χ0n) is 11.3. The molecule has 0 aliphatic heterocycles. The number of carbonyl (C=O) groups is 1. The van der Waals surface area contributed by atoms with Gasteiger partial charge in [0, 0.05) is 13.7 Å². The van der Waals surface area contributed by atoms with Crippen LogP contribution in [0, 0.1) is 0 Å². The molecule has 0 saturated heterocycles. The number of aromatic nitrogens is 3. The summed E-state index contributed by atoms with van der Waals surface area (Å²) < 4.78 is 16.1. The number of esters is 1. The molecular weight excluding hydrogens is 254 g/mol. The Morgan fingerprint density at radius 3 is 2.79 bits per heavy atom. The summed E-state index contributed by atoms with van der Waals surface area (Å²) in [6.45, 7) is 2.87. The number of hydrogen-bond donors (Lipinski definition) is 1. The zero-order valence-corrected chi connectivity index (χ0v) is 11.3. The molecule has 1 N–H and O–H groups in total. The van der Waals surface area contributed by atoms with Gasteiger partial charge in [0.1, 0.15) is 0 Å². The van der Waals surface area contributed by atoms with Gasteiger partial charge < -0.3 is 19.3 Å². The molecule has 0 spiro atoms. The lowest BCUT2D eigenvalue weighted by Gasteiger charge is -2.12. The predicted molar refractivity (Wildman–Crippen MR) is 64.6 cm³/mol. The first-order chi connectivity index (χ1) is 9.13. The molecular formula is C11H19N3O5. The van der Waals surface area contributed by atoms with Crippen LogP contribution in [0.1, 0.15) is 23.1 Å². The third-order valence-corrected chi connectivity index (χ3v) is 2.40. The highest BCUT2D eigenvalue weighted by molar-refractivity contribution is 5.88. The van der Waals surface area contributed by atoms with Crippen molar-refractivity contribution in [3.05, 3.63) is 11.4 Å². The summed E-state index contributed by atoms with van der Waals surface area (Å²) in [5, 5.41) is 17.3. The number of rotatable bonds is 8. The number of carbonyl (C=O) groups excluding carboxylic acids is 1. The van der Waals surface area contributed by atoms with E-state index in [9.17, 15) is 9.90 Å². The minimum Gasteiger partial charge on any atom is -0.464 e. The molecule has 1 heterocycles. The molecule has 108 valence electrons. The Kier molecular flexibility index (Phi) is 6.40. The smallest absolute Gasteiger partial charge is 0.360 e. The van der Waals surface area contributed by atoms with Crippen molar-refractivity contribution in [1.29, 1.82) is 0 Å². The maximum atomic E-state index is 11.5. The second-order valence-corrected chi connectivity index (χ2v) is 3.80. The number of aliphatic hydroxyl groups is 1. The average molecular weight is 273 g/mol. The lowest BCUT2D eigenvalue weighted by molar-refractivity contribution is 0.0299. The molecule has 0 amide bonds. The molecule has 0 fully saturated rings. The summed E-state index contributed by atoms with van der Waals surface area (Å²) >= 11 is 0. The third kappa shape index (κ3) is 4.27. The molecule has 1 aromatic rings. The van der Waals surface area contributed by atoms with E-state index >= 15 is 0 Å². The highest BCUT2D eigenvalue weighted by atomic mass is 16.5. The van der Waals surface area contributed by atoms with Crippen LogP contribution >= 0.6 is 0 Å². The van der Waals surface area contributed by atoms with E-state index in [2.05, 4.69) is 15.0 Å². The standard InChI is InChI=1S/C11H19N3O5/c1-4-19-6-8(15)5-14-9(7-17-2)10(12-13-14)11(16)18-3/h8,15H,4-7H2,1-3H3. The molecule has 8 heteroatoms. The fourth-order valence-corrected chi connectivity index (χ4v) is 1.52. The zero-order chi connectivity index (χ0) is 14.3. The largest absolute Gasteiger partial charge is 0.464 e. The molecule has 19 heavy (non-hydrogen) atoms. The number of aliphatic hydroxyl groups excluding tert-OH is 1. The summed E-state index contributed by atoms with van der Waals surface area (Å²) in [7, 11) is 2.76. The fourth-order valence-electron chi connectivity index (χ4n) is 1.52. The molecule has 1 aromatic heterocycles. The van der Waals surface area contributed by atoms with Crippen LogP contribution in [0.4, 0.5) is 0 Å². The van der Waals surface area contributed by atoms with Crippen LogP contribution in [0.15, 0.2) is 0 Å². The minimum atomic E-state index is -0.734. The van der Waals surface area contributed by atoms with Gasteiger partial charge in [0.05, 0.1) is 38.7 Å². The summed E-state index contributed by atoms with van der Waals surface area (Å²) in [5.41, 5.74) is 0.554. The van der Waals surface area contributed by atoms with Crippen molar-refractivity contribution in [2.75, 3.05) is 27.4 Å². The average Bonchev–Trinajstić information content (AvgIpc) is 2.79. The van der Waals surface area contributed by atoms with Crippen molar-refractivity contribution in [3.63, 3.8) is 0 Å². The second-order valence-electron chi connectivity index (χ2n) is 3.80. The Morgan fingerprint density at radius 1 is 1.47 bits per heavy atom. The molecule has 0 aromatic carbocycles. The van der Waals surface area contributed by atoms with Crippen molar-refractivity contribution < 1.29 is 24.1 Å². The van der Waals surface area contributed by atoms with Gasteiger partial charge >= 0.3 is 5.97 Å². The normalized spacial score (nSPS) is 12.4. The predicted octanol–water partition coefficient (Wildman–Crippen LogP) is -0.392. The fraction of sp³-hybridized carbons (Fsp3) is 0.727. The molecule has 0 saturated carbocycles. The van der Waals surface area contributed by atoms with Crippen molar-refractivity contribution in [3.8, 4) is 0 Å². The third-order valence-electron chi connectivity index (χ3n) is 2.40. The quantitative estimate of drug-likeness (QED) is 0.644. The molecule has 8 nitrogen and oxygen atoms in total. The molecule has 1 atom stereocenters. The van der Waals surface area contributed by atoms with Gasteiger partial charge in [-0.3, -0.25) is 0 Å². The Hall–Kier alpha value is -1.51. The van der Waals surface area contributed by atoms with Gasteiger partial charge in [0.2, 0.25) is 0 Å². The van der Waals surface area contributed by atoms with Crippen molar-refractivity contribution in [2.45, 2.75) is 26.2 Å². The maximum Gasteiger partial charge on any atom is 0.360 e. The van der Waals surface area contributed by atoms with E-state index < -0.39 is 12.1 Å². The topological polar surface area (TPSA) is 95.7 Å². The molecule has 0 aliphatic rings. The summed E-state index contributed by atoms with van der Waals surface area (Å²) in [6.07, 6.45) is -0.734. The van der Waals surface area contributed by atoms with Gasteiger partial charge in [0.25, 0.3) is 0 Å². The van der Waals surface area contributed by atoms with Gasteiger partial charge in [-0.2, -0.15) is 0 Å². The van der Waals surface area contributed by atoms with Crippen LogP contribution in [0.3, 0.4) is 0 Å². The second kappa shape index (κ2) is 7.82. The van der Waals surface area contributed by atoms with Crippen LogP contribution < -0.4 is 0 Å². The van der Waals surface area contributed by atoms with Gasteiger partial charge in [-0.05, 0) is 6.92 Å². The van der Waals surface area contributed by atoms with Crippen LogP contribution in [0.2, 0.25) is 0 Å². The van der Waals surface area contributed by atoms with E-state index in [1.54, 1.807) is 0 Å². The van der Waals surface area contributed by atoms with Gasteiger partial charge in [0.15, 0.2) is 5.69 Å². The van der Waals surface area contributed by atoms with Crippen molar-refractivity contribution in [1.82, 2.24) is 15.0 Å². The van der Waals surface area contributed by atoms with Crippen LogP contribution in [0.25, 0.3) is 0 Å². The Morgan fingerprint density at radius 2 is 2.21 bits per heavy atom. The number of hydrogen-bond acceptors (Lipinski definition) is 7. The first kappa shape index (κ1) is 15.5. The van der Waals surface area contributed by atoms with E-state index in [0.29, 0.717) is 12.3 Å². The molecule has 1 unspecified atom stereocenters. The molecule has 1 rings (SSSR count). The SMILES string of the molecule is CCOCC(O)Cn1nnc(C(=O)OC)c1COC. The minimum absolute atomic E-state index is 0.0907. The Bertz CT molecular complexity index is 407.